The van der Waals surface area contributed by atoms with Crippen molar-refractivity contribution in [3.8, 4) is 0 Å². The van der Waals surface area contributed by atoms with E-state index in [1.54, 1.807) is 4.68 Å². The fourth-order valence-corrected chi connectivity index (χ4v) is 1.13. The van der Waals surface area contributed by atoms with Gasteiger partial charge < -0.3 is 10.4 Å². The summed E-state index contributed by atoms with van der Waals surface area (Å²) in [7, 11) is 0. The largest absolute Gasteiger partial charge is 0.481 e. The molecule has 0 bridgehead atoms. The van der Waals surface area contributed by atoms with Crippen LogP contribution in [-0.4, -0.2) is 37.8 Å². The molecule has 0 fully saturated rings. The van der Waals surface area contributed by atoms with Gasteiger partial charge in [0.2, 0.25) is 0 Å². The van der Waals surface area contributed by atoms with Gasteiger partial charge in [0, 0.05) is 13.1 Å². The molecule has 1 aromatic heterocycles. The topological polar surface area (TPSA) is 92.9 Å². The third-order valence-electron chi connectivity index (χ3n) is 1.84. The molecule has 1 aromatic rings. The van der Waals surface area contributed by atoms with Crippen molar-refractivity contribution in [2.45, 2.75) is 32.9 Å². The van der Waals surface area contributed by atoms with E-state index in [1.807, 2.05) is 6.92 Å². The number of aliphatic carboxylic acids is 1. The highest BCUT2D eigenvalue weighted by Crippen LogP contribution is 1.93. The molecule has 0 atom stereocenters. The number of carbonyl (C=O) groups is 1. The van der Waals surface area contributed by atoms with Crippen LogP contribution in [0.3, 0.4) is 0 Å². The van der Waals surface area contributed by atoms with Gasteiger partial charge in [-0.3, -0.25) is 4.79 Å². The third-order valence-corrected chi connectivity index (χ3v) is 1.84. The van der Waals surface area contributed by atoms with E-state index in [9.17, 15) is 4.79 Å². The molecule has 0 aromatic carbocycles. The number of tetrazole rings is 1. The first-order valence-electron chi connectivity index (χ1n) is 4.91. The van der Waals surface area contributed by atoms with Gasteiger partial charge in [0.15, 0.2) is 5.82 Å². The van der Waals surface area contributed by atoms with Gasteiger partial charge in [0.1, 0.15) is 0 Å². The maximum absolute atomic E-state index is 10.2. The lowest BCUT2D eigenvalue weighted by molar-refractivity contribution is -0.136. The lowest BCUT2D eigenvalue weighted by Crippen LogP contribution is -2.20. The second-order valence-corrected chi connectivity index (χ2v) is 3.14. The Balaban J connectivity index is 2.30. The number of carboxylic acid groups (broad SMARTS) is 1. The lowest BCUT2D eigenvalue weighted by atomic mass is 10.4. The van der Waals surface area contributed by atoms with E-state index in [-0.39, 0.29) is 6.42 Å². The number of aryl methyl sites for hydroxylation is 1. The SMILES string of the molecule is CCCn1nnnc1CNCCC(=O)O. The number of rotatable bonds is 7. The molecule has 84 valence electrons. The van der Waals surface area contributed by atoms with Crippen molar-refractivity contribution < 1.29 is 9.90 Å². The Labute approximate surface area is 87.5 Å². The first-order chi connectivity index (χ1) is 7.24. The maximum Gasteiger partial charge on any atom is 0.304 e. The minimum Gasteiger partial charge on any atom is -0.481 e. The van der Waals surface area contributed by atoms with Crippen molar-refractivity contribution in [3.05, 3.63) is 5.82 Å². The summed E-state index contributed by atoms with van der Waals surface area (Å²) in [5.74, 6) is -0.0714. The molecule has 0 radical (unpaired) electrons. The second-order valence-electron chi connectivity index (χ2n) is 3.14. The number of carboxylic acids is 1. The summed E-state index contributed by atoms with van der Waals surface area (Å²) < 4.78 is 1.72. The van der Waals surface area contributed by atoms with Crippen LogP contribution in [0.1, 0.15) is 25.6 Å². The summed E-state index contributed by atoms with van der Waals surface area (Å²) in [6, 6.07) is 0. The highest BCUT2D eigenvalue weighted by atomic mass is 16.4. The van der Waals surface area contributed by atoms with Crippen molar-refractivity contribution in [2.24, 2.45) is 0 Å². The van der Waals surface area contributed by atoms with Gasteiger partial charge in [-0.15, -0.1) is 5.10 Å². The zero-order valence-electron chi connectivity index (χ0n) is 8.68. The second kappa shape index (κ2) is 6.07. The van der Waals surface area contributed by atoms with E-state index >= 15 is 0 Å². The Hall–Kier alpha value is -1.50. The summed E-state index contributed by atoms with van der Waals surface area (Å²) in [5, 5.41) is 22.6. The van der Waals surface area contributed by atoms with E-state index in [1.165, 1.54) is 0 Å². The molecule has 7 nitrogen and oxygen atoms in total. The first kappa shape index (κ1) is 11.6. The van der Waals surface area contributed by atoms with E-state index in [4.69, 9.17) is 5.11 Å². The van der Waals surface area contributed by atoms with Gasteiger partial charge in [-0.2, -0.15) is 0 Å². The van der Waals surface area contributed by atoms with E-state index < -0.39 is 5.97 Å². The highest BCUT2D eigenvalue weighted by molar-refractivity contribution is 5.66. The third kappa shape index (κ3) is 4.03. The van der Waals surface area contributed by atoms with Crippen molar-refractivity contribution in [1.29, 1.82) is 0 Å². The predicted molar refractivity (Wildman–Crippen MR) is 52.1 cm³/mol. The number of hydrogen-bond acceptors (Lipinski definition) is 5. The number of nitrogens with one attached hydrogen (secondary N) is 1. The van der Waals surface area contributed by atoms with E-state index in [0.29, 0.717) is 13.1 Å². The van der Waals surface area contributed by atoms with Crippen LogP contribution in [0.2, 0.25) is 0 Å². The number of aromatic nitrogens is 4. The van der Waals surface area contributed by atoms with Crippen molar-refractivity contribution in [3.63, 3.8) is 0 Å². The Bertz CT molecular complexity index is 312. The number of nitrogens with zero attached hydrogens (tertiary/aromatic N) is 4. The Morgan fingerprint density at radius 3 is 3.07 bits per heavy atom. The van der Waals surface area contributed by atoms with Crippen molar-refractivity contribution in [1.82, 2.24) is 25.5 Å². The molecule has 1 rings (SSSR count). The molecule has 7 heteroatoms. The van der Waals surface area contributed by atoms with Gasteiger partial charge in [-0.1, -0.05) is 6.92 Å². The quantitative estimate of drug-likeness (QED) is 0.601. The minimum absolute atomic E-state index is 0.106. The molecule has 0 amide bonds. The average Bonchev–Trinajstić information content (AvgIpc) is 2.61. The van der Waals surface area contributed by atoms with E-state index in [0.717, 1.165) is 18.8 Å². The molecule has 0 aliphatic carbocycles. The first-order valence-corrected chi connectivity index (χ1v) is 4.91. The predicted octanol–water partition coefficient (Wildman–Crippen LogP) is -0.353. The minimum atomic E-state index is -0.810. The maximum atomic E-state index is 10.2. The Morgan fingerprint density at radius 1 is 1.60 bits per heavy atom. The Kier molecular flexibility index (Phi) is 4.69. The van der Waals surface area contributed by atoms with Gasteiger partial charge in [-0.25, -0.2) is 4.68 Å². The van der Waals surface area contributed by atoms with Crippen LogP contribution in [0.25, 0.3) is 0 Å². The average molecular weight is 213 g/mol. The molecular weight excluding hydrogens is 198 g/mol. The fourth-order valence-electron chi connectivity index (χ4n) is 1.13. The van der Waals surface area contributed by atoms with Gasteiger partial charge in [0.05, 0.1) is 13.0 Å². The highest BCUT2D eigenvalue weighted by Gasteiger charge is 2.04. The van der Waals surface area contributed by atoms with Crippen molar-refractivity contribution in [2.75, 3.05) is 6.54 Å². The molecule has 0 saturated carbocycles. The molecule has 0 spiro atoms. The molecule has 0 saturated heterocycles. The van der Waals surface area contributed by atoms with Crippen LogP contribution in [0.4, 0.5) is 0 Å². The zero-order chi connectivity index (χ0) is 11.1. The summed E-state index contributed by atoms with van der Waals surface area (Å²) in [4.78, 5) is 10.2. The molecular formula is C8H15N5O2. The summed E-state index contributed by atoms with van der Waals surface area (Å²) >= 11 is 0. The van der Waals surface area contributed by atoms with Gasteiger partial charge in [-0.05, 0) is 16.8 Å². The summed E-state index contributed by atoms with van der Waals surface area (Å²) in [6.07, 6.45) is 1.07. The van der Waals surface area contributed by atoms with Crippen LogP contribution in [0.15, 0.2) is 0 Å². The molecule has 15 heavy (non-hydrogen) atoms. The van der Waals surface area contributed by atoms with Crippen LogP contribution < -0.4 is 5.32 Å². The molecule has 2 N–H and O–H groups in total. The number of hydrogen-bond donors (Lipinski definition) is 2. The molecule has 0 unspecified atom stereocenters. The lowest BCUT2D eigenvalue weighted by Gasteiger charge is -2.03. The van der Waals surface area contributed by atoms with Crippen LogP contribution in [-0.2, 0) is 17.9 Å². The van der Waals surface area contributed by atoms with E-state index in [2.05, 4.69) is 20.8 Å². The van der Waals surface area contributed by atoms with Crippen LogP contribution >= 0.6 is 0 Å². The smallest absolute Gasteiger partial charge is 0.304 e. The monoisotopic (exact) mass is 213 g/mol. The molecule has 0 aliphatic heterocycles. The summed E-state index contributed by atoms with van der Waals surface area (Å²) in [5.41, 5.74) is 0. The van der Waals surface area contributed by atoms with Crippen LogP contribution in [0, 0.1) is 0 Å². The van der Waals surface area contributed by atoms with Crippen molar-refractivity contribution >= 4 is 5.97 Å². The van der Waals surface area contributed by atoms with Gasteiger partial charge >= 0.3 is 5.97 Å². The molecule has 1 heterocycles. The zero-order valence-corrected chi connectivity index (χ0v) is 8.68. The molecule has 0 aliphatic rings. The van der Waals surface area contributed by atoms with Crippen LogP contribution in [0.5, 0.6) is 0 Å². The summed E-state index contributed by atoms with van der Waals surface area (Å²) in [6.45, 7) is 3.75. The standard InChI is InChI=1S/C8H15N5O2/c1-2-5-13-7(10-11-12-13)6-9-4-3-8(14)15/h9H,2-6H2,1H3,(H,14,15). The Morgan fingerprint density at radius 2 is 2.40 bits per heavy atom. The normalized spacial score (nSPS) is 10.5. The fraction of sp³-hybridized carbons (Fsp3) is 0.750. The van der Waals surface area contributed by atoms with Gasteiger partial charge in [0.25, 0.3) is 0 Å².